The van der Waals surface area contributed by atoms with Crippen LogP contribution in [0.5, 0.6) is 0 Å². The van der Waals surface area contributed by atoms with Crippen molar-refractivity contribution in [3.63, 3.8) is 0 Å². The number of rotatable bonds is 6. The zero-order chi connectivity index (χ0) is 39.3. The summed E-state index contributed by atoms with van der Waals surface area (Å²) in [6.07, 6.45) is -10.1. The Bertz CT molecular complexity index is 2860. The topological polar surface area (TPSA) is 43.6 Å². The van der Waals surface area contributed by atoms with Gasteiger partial charge in [0, 0.05) is 33.2 Å². The first-order valence-corrected chi connectivity index (χ1v) is 17.9. The lowest BCUT2D eigenvalue weighted by molar-refractivity contribution is -0.142. The first kappa shape index (κ1) is 35.6. The fourth-order valence-electron chi connectivity index (χ4n) is 7.27. The second kappa shape index (κ2) is 13.9. The van der Waals surface area contributed by atoms with E-state index < -0.39 is 29.0 Å². The Balaban J connectivity index is 1.34. The second-order valence-electron chi connectivity index (χ2n) is 13.5. The summed E-state index contributed by atoms with van der Waals surface area (Å²) in [5, 5.41) is 1.91. The minimum Gasteiger partial charge on any atom is -0.309 e. The Kier molecular flexibility index (Phi) is 8.69. The summed E-state index contributed by atoms with van der Waals surface area (Å²) in [6, 6.07) is 48.7. The maximum absolute atomic E-state index is 14.8. The van der Waals surface area contributed by atoms with Gasteiger partial charge in [-0.05, 0) is 64.7 Å². The van der Waals surface area contributed by atoms with E-state index in [9.17, 15) is 26.3 Å². The van der Waals surface area contributed by atoms with Crippen molar-refractivity contribution in [1.82, 2.24) is 19.5 Å². The average molecular weight is 763 g/mol. The van der Waals surface area contributed by atoms with Crippen molar-refractivity contribution in [2.45, 2.75) is 12.4 Å². The van der Waals surface area contributed by atoms with E-state index in [-0.39, 0.29) is 34.7 Å². The maximum atomic E-state index is 14.8. The number of para-hydroxylation sites is 1. The first-order chi connectivity index (χ1) is 27.5. The molecule has 0 saturated carbocycles. The quantitative estimate of drug-likeness (QED) is 0.158. The molecule has 2 heterocycles. The summed E-state index contributed by atoms with van der Waals surface area (Å²) in [4.78, 5) is 14.4. The second-order valence-corrected chi connectivity index (χ2v) is 13.5. The lowest BCUT2D eigenvalue weighted by Gasteiger charge is -2.19. The van der Waals surface area contributed by atoms with E-state index in [0.717, 1.165) is 39.0 Å². The SMILES string of the molecule is FC(F)(F)c1ccc(-c2ccc(-n3c4ccccc4c4cc(-c5ccccc5)ccc43)cc2-c2nc(-c3ccccc3)nc(-c3ccccc3)n2)c(C(F)(F)F)c1. The van der Waals surface area contributed by atoms with Crippen LogP contribution in [-0.2, 0) is 12.4 Å². The summed E-state index contributed by atoms with van der Waals surface area (Å²) in [5.74, 6) is 0.578. The van der Waals surface area contributed by atoms with Crippen LogP contribution in [0.3, 0.4) is 0 Å². The van der Waals surface area contributed by atoms with Crippen LogP contribution in [-0.4, -0.2) is 19.5 Å². The molecule has 4 nitrogen and oxygen atoms in total. The standard InChI is InChI=1S/C47H28F6N4/c48-46(49,50)33-21-23-36(40(27-33)47(51,52)53)35-24-22-34(57-41-19-11-10-18-37(41)38-26-32(20-25-42(38)57)29-12-4-1-5-13-29)28-39(35)45-55-43(30-14-6-2-7-15-30)54-44(56-45)31-16-8-3-9-17-31/h1-28H. The van der Waals surface area contributed by atoms with Gasteiger partial charge < -0.3 is 4.57 Å². The molecule has 0 amide bonds. The predicted octanol–water partition coefficient (Wildman–Crippen LogP) is 13.3. The van der Waals surface area contributed by atoms with Crippen LogP contribution >= 0.6 is 0 Å². The van der Waals surface area contributed by atoms with Crippen LogP contribution in [0, 0.1) is 0 Å². The van der Waals surface area contributed by atoms with Gasteiger partial charge in [-0.1, -0.05) is 127 Å². The summed E-state index contributed by atoms with van der Waals surface area (Å²) in [7, 11) is 0. The van der Waals surface area contributed by atoms with Gasteiger partial charge in [-0.15, -0.1) is 0 Å². The van der Waals surface area contributed by atoms with Crippen LogP contribution in [0.15, 0.2) is 170 Å². The number of hydrogen-bond donors (Lipinski definition) is 0. The fourth-order valence-corrected chi connectivity index (χ4v) is 7.27. The van der Waals surface area contributed by atoms with Crippen molar-refractivity contribution in [1.29, 1.82) is 0 Å². The molecule has 278 valence electrons. The third kappa shape index (κ3) is 6.69. The van der Waals surface area contributed by atoms with Crippen molar-refractivity contribution < 1.29 is 26.3 Å². The highest BCUT2D eigenvalue weighted by molar-refractivity contribution is 6.10. The first-order valence-electron chi connectivity index (χ1n) is 17.9. The molecule has 0 fully saturated rings. The number of fused-ring (bicyclic) bond motifs is 3. The van der Waals surface area contributed by atoms with Crippen LogP contribution in [0.4, 0.5) is 26.3 Å². The van der Waals surface area contributed by atoms with Gasteiger partial charge in [0.1, 0.15) is 0 Å². The zero-order valence-electron chi connectivity index (χ0n) is 29.7. The summed E-state index contributed by atoms with van der Waals surface area (Å²) in [5.41, 5.74) is 2.46. The molecule has 0 aliphatic rings. The number of aromatic nitrogens is 4. The van der Waals surface area contributed by atoms with E-state index in [0.29, 0.717) is 22.9 Å². The Labute approximate surface area is 322 Å². The average Bonchev–Trinajstić information content (AvgIpc) is 3.57. The molecule has 0 radical (unpaired) electrons. The van der Waals surface area contributed by atoms with Crippen molar-refractivity contribution in [2.24, 2.45) is 0 Å². The fraction of sp³-hybridized carbons (Fsp3) is 0.0426. The molecule has 10 heteroatoms. The van der Waals surface area contributed by atoms with E-state index in [1.807, 2.05) is 132 Å². The molecule has 0 saturated heterocycles. The lowest BCUT2D eigenvalue weighted by atomic mass is 9.92. The molecule has 9 aromatic rings. The predicted molar refractivity (Wildman–Crippen MR) is 211 cm³/mol. The summed E-state index contributed by atoms with van der Waals surface area (Å²) >= 11 is 0. The molecule has 9 rings (SSSR count). The Morgan fingerprint density at radius 3 is 1.53 bits per heavy atom. The van der Waals surface area contributed by atoms with Crippen LogP contribution < -0.4 is 0 Å². The highest BCUT2D eigenvalue weighted by Crippen LogP contribution is 2.45. The largest absolute Gasteiger partial charge is 0.417 e. The van der Waals surface area contributed by atoms with Crippen molar-refractivity contribution in [2.75, 3.05) is 0 Å². The smallest absolute Gasteiger partial charge is 0.309 e. The number of halogens is 6. The van der Waals surface area contributed by atoms with Crippen molar-refractivity contribution in [3.8, 4) is 62.1 Å². The third-order valence-electron chi connectivity index (χ3n) is 9.92. The number of benzene rings is 7. The number of nitrogens with zero attached hydrogens (tertiary/aromatic N) is 4. The number of hydrogen-bond acceptors (Lipinski definition) is 3. The van der Waals surface area contributed by atoms with Gasteiger partial charge in [0.05, 0.1) is 22.2 Å². The van der Waals surface area contributed by atoms with Crippen LogP contribution in [0.25, 0.3) is 83.9 Å². The van der Waals surface area contributed by atoms with Gasteiger partial charge in [-0.25, -0.2) is 15.0 Å². The van der Waals surface area contributed by atoms with Crippen LogP contribution in [0.1, 0.15) is 11.1 Å². The molecular weight excluding hydrogens is 735 g/mol. The normalized spacial score (nSPS) is 12.0. The van der Waals surface area contributed by atoms with Crippen molar-refractivity contribution >= 4 is 21.8 Å². The van der Waals surface area contributed by atoms with Gasteiger partial charge in [-0.2, -0.15) is 26.3 Å². The summed E-state index contributed by atoms with van der Waals surface area (Å²) in [6.45, 7) is 0. The molecule has 57 heavy (non-hydrogen) atoms. The Hall–Kier alpha value is -7.07. The van der Waals surface area contributed by atoms with Crippen molar-refractivity contribution in [3.05, 3.63) is 181 Å². The van der Waals surface area contributed by atoms with Gasteiger partial charge >= 0.3 is 12.4 Å². The molecular formula is C47H28F6N4. The van der Waals surface area contributed by atoms with E-state index in [1.165, 1.54) is 6.07 Å². The minimum atomic E-state index is -5.13. The van der Waals surface area contributed by atoms with E-state index in [4.69, 9.17) is 15.0 Å². The van der Waals surface area contributed by atoms with Gasteiger partial charge in [0.25, 0.3) is 0 Å². The van der Waals surface area contributed by atoms with Crippen LogP contribution in [0.2, 0.25) is 0 Å². The molecule has 0 spiro atoms. The monoisotopic (exact) mass is 762 g/mol. The van der Waals surface area contributed by atoms with E-state index in [2.05, 4.69) is 6.07 Å². The molecule has 7 aromatic carbocycles. The lowest BCUT2D eigenvalue weighted by Crippen LogP contribution is -2.12. The molecule has 0 bridgehead atoms. The highest BCUT2D eigenvalue weighted by Gasteiger charge is 2.39. The number of alkyl halides is 6. The highest BCUT2D eigenvalue weighted by atomic mass is 19.4. The maximum Gasteiger partial charge on any atom is 0.417 e. The molecule has 2 aromatic heterocycles. The van der Waals surface area contributed by atoms with Gasteiger partial charge in [0.15, 0.2) is 17.5 Å². The molecule has 0 N–H and O–H groups in total. The summed E-state index contributed by atoms with van der Waals surface area (Å²) < 4.78 is 87.9. The Morgan fingerprint density at radius 2 is 0.912 bits per heavy atom. The molecule has 0 unspecified atom stereocenters. The van der Waals surface area contributed by atoms with E-state index in [1.54, 1.807) is 12.1 Å². The van der Waals surface area contributed by atoms with Gasteiger partial charge in [0.2, 0.25) is 0 Å². The van der Waals surface area contributed by atoms with E-state index >= 15 is 0 Å². The third-order valence-corrected chi connectivity index (χ3v) is 9.92. The minimum absolute atomic E-state index is 0.00356. The van der Waals surface area contributed by atoms with Gasteiger partial charge in [-0.3, -0.25) is 0 Å². The molecule has 0 aliphatic carbocycles. The molecule has 0 atom stereocenters. The Morgan fingerprint density at radius 1 is 0.368 bits per heavy atom. The zero-order valence-corrected chi connectivity index (χ0v) is 29.7. The molecule has 0 aliphatic heterocycles.